The zero-order valence-electron chi connectivity index (χ0n) is 14.0. The van der Waals surface area contributed by atoms with Crippen LogP contribution in [0, 0.1) is 0 Å². The van der Waals surface area contributed by atoms with Gasteiger partial charge >= 0.3 is 0 Å². The van der Waals surface area contributed by atoms with Crippen molar-refractivity contribution in [3.63, 3.8) is 0 Å². The number of hydrogen-bond donors (Lipinski definition) is 1. The minimum atomic E-state index is 0.572. The molecular formula is C20H22N2OS. The molecule has 24 heavy (non-hydrogen) atoms. The topological polar surface area (TPSA) is 48.1 Å². The molecule has 1 heterocycles. The molecule has 3 nitrogen and oxygen atoms in total. The summed E-state index contributed by atoms with van der Waals surface area (Å²) in [6, 6.07) is 18.3. The number of ether oxygens (including phenoxy) is 1. The molecule has 0 unspecified atom stereocenters. The van der Waals surface area contributed by atoms with Gasteiger partial charge in [0.05, 0.1) is 5.52 Å². The van der Waals surface area contributed by atoms with Crippen molar-refractivity contribution in [3.8, 4) is 11.6 Å². The van der Waals surface area contributed by atoms with Crippen LogP contribution in [-0.4, -0.2) is 16.8 Å². The van der Waals surface area contributed by atoms with Crippen molar-refractivity contribution in [2.75, 3.05) is 6.54 Å². The number of fused-ring (bicyclic) bond motifs is 1. The molecule has 0 fully saturated rings. The first-order valence-corrected chi connectivity index (χ1v) is 9.06. The third-order valence-electron chi connectivity index (χ3n) is 3.58. The van der Waals surface area contributed by atoms with Crippen LogP contribution < -0.4 is 10.5 Å². The molecular weight excluding hydrogens is 316 g/mol. The van der Waals surface area contributed by atoms with Crippen LogP contribution in [0.2, 0.25) is 0 Å². The highest BCUT2D eigenvalue weighted by Crippen LogP contribution is 2.27. The van der Waals surface area contributed by atoms with Gasteiger partial charge in [0.15, 0.2) is 0 Å². The molecule has 0 aliphatic carbocycles. The van der Waals surface area contributed by atoms with E-state index >= 15 is 0 Å². The average molecular weight is 338 g/mol. The van der Waals surface area contributed by atoms with Crippen LogP contribution in [0.4, 0.5) is 0 Å². The van der Waals surface area contributed by atoms with Crippen LogP contribution in [0.5, 0.6) is 11.6 Å². The van der Waals surface area contributed by atoms with E-state index in [4.69, 9.17) is 10.5 Å². The third kappa shape index (κ3) is 4.28. The van der Waals surface area contributed by atoms with Gasteiger partial charge in [0, 0.05) is 21.6 Å². The van der Waals surface area contributed by atoms with Gasteiger partial charge in [0.25, 0.3) is 0 Å². The molecule has 0 atom stereocenters. The second kappa shape index (κ2) is 7.69. The maximum atomic E-state index is 5.88. The summed E-state index contributed by atoms with van der Waals surface area (Å²) in [5.74, 6) is 1.41. The molecule has 3 rings (SSSR count). The molecule has 0 bridgehead atoms. The lowest BCUT2D eigenvalue weighted by atomic mass is 10.1. The van der Waals surface area contributed by atoms with Crippen LogP contribution in [0.1, 0.15) is 19.4 Å². The fraction of sp³-hybridized carbons (Fsp3) is 0.250. The summed E-state index contributed by atoms with van der Waals surface area (Å²) >= 11 is 1.84. The van der Waals surface area contributed by atoms with Crippen LogP contribution in [-0.2, 0) is 6.42 Å². The number of nitrogens with zero attached hydrogens (tertiary/aromatic N) is 1. The van der Waals surface area contributed by atoms with Crippen molar-refractivity contribution in [1.29, 1.82) is 0 Å². The molecule has 0 amide bonds. The average Bonchev–Trinajstić information content (AvgIpc) is 2.57. The van der Waals surface area contributed by atoms with E-state index in [2.05, 4.69) is 43.1 Å². The predicted molar refractivity (Wildman–Crippen MR) is 102 cm³/mol. The number of hydrogen-bond acceptors (Lipinski definition) is 4. The highest BCUT2D eigenvalue weighted by atomic mass is 32.2. The Morgan fingerprint density at radius 2 is 1.83 bits per heavy atom. The summed E-state index contributed by atoms with van der Waals surface area (Å²) in [7, 11) is 0. The monoisotopic (exact) mass is 338 g/mol. The van der Waals surface area contributed by atoms with Crippen molar-refractivity contribution < 1.29 is 4.74 Å². The molecule has 1 aromatic heterocycles. The van der Waals surface area contributed by atoms with Gasteiger partial charge in [-0.2, -0.15) is 0 Å². The predicted octanol–water partition coefficient (Wildman–Crippen LogP) is 5.03. The van der Waals surface area contributed by atoms with Crippen molar-refractivity contribution in [1.82, 2.24) is 4.98 Å². The van der Waals surface area contributed by atoms with Crippen molar-refractivity contribution >= 4 is 22.7 Å². The lowest BCUT2D eigenvalue weighted by Gasteiger charge is -2.08. The Bertz CT molecular complexity index is 815. The summed E-state index contributed by atoms with van der Waals surface area (Å²) < 4.78 is 5.88. The minimum absolute atomic E-state index is 0.572. The summed E-state index contributed by atoms with van der Waals surface area (Å²) in [6.45, 7) is 5.03. The first-order chi connectivity index (χ1) is 11.6. The standard InChI is InChI=1S/C20H22N2OS/c1-14(2)24-18-7-5-17(6-8-18)23-20-10-4-16-13-15(11-12-21)3-9-19(16)22-20/h3-10,13-14H,11-12,21H2,1-2H3. The number of thioether (sulfide) groups is 1. The number of rotatable bonds is 6. The fourth-order valence-electron chi connectivity index (χ4n) is 2.51. The van der Waals surface area contributed by atoms with Crippen molar-refractivity contribution in [3.05, 3.63) is 60.2 Å². The molecule has 2 N–H and O–H groups in total. The van der Waals surface area contributed by atoms with E-state index < -0.39 is 0 Å². The Hall–Kier alpha value is -2.04. The van der Waals surface area contributed by atoms with Crippen LogP contribution in [0.25, 0.3) is 10.9 Å². The van der Waals surface area contributed by atoms with E-state index in [1.807, 2.05) is 42.1 Å². The highest BCUT2D eigenvalue weighted by Gasteiger charge is 2.04. The Labute approximate surface area is 147 Å². The highest BCUT2D eigenvalue weighted by molar-refractivity contribution is 7.99. The van der Waals surface area contributed by atoms with Gasteiger partial charge in [-0.1, -0.05) is 19.9 Å². The molecule has 0 radical (unpaired) electrons. The first-order valence-electron chi connectivity index (χ1n) is 8.18. The largest absolute Gasteiger partial charge is 0.439 e. The summed E-state index contributed by atoms with van der Waals surface area (Å²) in [6.07, 6.45) is 0.884. The van der Waals surface area contributed by atoms with E-state index in [9.17, 15) is 0 Å². The summed E-state index contributed by atoms with van der Waals surface area (Å²) in [4.78, 5) is 5.83. The van der Waals surface area contributed by atoms with Gasteiger partial charge in [-0.3, -0.25) is 0 Å². The molecule has 0 aliphatic heterocycles. The van der Waals surface area contributed by atoms with E-state index in [-0.39, 0.29) is 0 Å². The Morgan fingerprint density at radius 1 is 1.04 bits per heavy atom. The molecule has 0 spiro atoms. The lowest BCUT2D eigenvalue weighted by Crippen LogP contribution is -2.02. The maximum Gasteiger partial charge on any atom is 0.219 e. The quantitative estimate of drug-likeness (QED) is 0.641. The van der Waals surface area contributed by atoms with Gasteiger partial charge in [-0.05, 0) is 61.0 Å². The molecule has 0 aliphatic rings. The SMILES string of the molecule is CC(C)Sc1ccc(Oc2ccc3cc(CCN)ccc3n2)cc1. The normalized spacial score (nSPS) is 11.2. The zero-order valence-corrected chi connectivity index (χ0v) is 14.8. The maximum absolute atomic E-state index is 5.88. The minimum Gasteiger partial charge on any atom is -0.439 e. The van der Waals surface area contributed by atoms with Crippen molar-refractivity contribution in [2.45, 2.75) is 30.4 Å². The second-order valence-corrected chi connectivity index (χ2v) is 7.61. The third-order valence-corrected chi connectivity index (χ3v) is 4.59. The van der Waals surface area contributed by atoms with Crippen LogP contribution in [0.15, 0.2) is 59.5 Å². The van der Waals surface area contributed by atoms with Gasteiger partial charge in [0.2, 0.25) is 5.88 Å². The zero-order chi connectivity index (χ0) is 16.9. The lowest BCUT2D eigenvalue weighted by molar-refractivity contribution is 0.464. The number of nitrogens with two attached hydrogens (primary N) is 1. The molecule has 2 aromatic carbocycles. The Balaban J connectivity index is 1.76. The number of aromatic nitrogens is 1. The van der Waals surface area contributed by atoms with Crippen LogP contribution in [0.3, 0.4) is 0 Å². The fourth-order valence-corrected chi connectivity index (χ4v) is 3.35. The molecule has 0 saturated carbocycles. The Kier molecular flexibility index (Phi) is 5.38. The van der Waals surface area contributed by atoms with E-state index in [1.54, 1.807) is 0 Å². The van der Waals surface area contributed by atoms with Gasteiger partial charge in [-0.25, -0.2) is 4.98 Å². The van der Waals surface area contributed by atoms with Crippen molar-refractivity contribution in [2.24, 2.45) is 5.73 Å². The molecule has 3 aromatic rings. The van der Waals surface area contributed by atoms with Gasteiger partial charge in [0.1, 0.15) is 5.75 Å². The Morgan fingerprint density at radius 3 is 2.54 bits per heavy atom. The number of benzene rings is 2. The van der Waals surface area contributed by atoms with E-state index in [1.165, 1.54) is 10.5 Å². The van der Waals surface area contributed by atoms with E-state index in [0.29, 0.717) is 17.7 Å². The van der Waals surface area contributed by atoms with E-state index in [0.717, 1.165) is 23.1 Å². The number of pyridine rings is 1. The molecule has 124 valence electrons. The summed E-state index contributed by atoms with van der Waals surface area (Å²) in [5, 5.41) is 1.68. The molecule has 0 saturated heterocycles. The smallest absolute Gasteiger partial charge is 0.219 e. The summed E-state index contributed by atoms with van der Waals surface area (Å²) in [5.41, 5.74) is 7.78. The van der Waals surface area contributed by atoms with Crippen LogP contribution >= 0.6 is 11.8 Å². The first kappa shape index (κ1) is 16.8. The second-order valence-electron chi connectivity index (χ2n) is 5.96. The molecule has 4 heteroatoms. The van der Waals surface area contributed by atoms with Gasteiger partial charge < -0.3 is 10.5 Å². The van der Waals surface area contributed by atoms with Gasteiger partial charge in [-0.15, -0.1) is 11.8 Å².